The Morgan fingerprint density at radius 3 is 2.43 bits per heavy atom. The van der Waals surface area contributed by atoms with Crippen LogP contribution in [0.25, 0.3) is 0 Å². The van der Waals surface area contributed by atoms with Crippen LogP contribution in [0.15, 0.2) is 42.9 Å². The molecule has 0 spiro atoms. The van der Waals surface area contributed by atoms with Crippen LogP contribution in [0, 0.1) is 5.82 Å². The van der Waals surface area contributed by atoms with Gasteiger partial charge in [0.25, 0.3) is 5.91 Å². The normalized spacial score (nSPS) is 15.1. The van der Waals surface area contributed by atoms with Crippen LogP contribution in [0.2, 0.25) is 0 Å². The maximum Gasteiger partial charge on any atom is 0.275 e. The monoisotopic (exact) mass is 286 g/mol. The number of nitrogens with zero attached hydrogens (tertiary/aromatic N) is 4. The fraction of sp³-hybridized carbons (Fsp3) is 0.267. The highest BCUT2D eigenvalue weighted by atomic mass is 19.1. The molecule has 1 aliphatic rings. The van der Waals surface area contributed by atoms with Gasteiger partial charge in [-0.15, -0.1) is 0 Å². The Bertz CT molecular complexity index is 627. The molecule has 0 N–H and O–H groups in total. The van der Waals surface area contributed by atoms with E-state index in [0.29, 0.717) is 26.2 Å². The van der Waals surface area contributed by atoms with E-state index in [1.54, 1.807) is 17.3 Å². The fourth-order valence-corrected chi connectivity index (χ4v) is 2.42. The van der Waals surface area contributed by atoms with Crippen molar-refractivity contribution in [1.29, 1.82) is 0 Å². The quantitative estimate of drug-likeness (QED) is 0.841. The molecule has 1 saturated heterocycles. The van der Waals surface area contributed by atoms with Gasteiger partial charge in [0.2, 0.25) is 0 Å². The lowest BCUT2D eigenvalue weighted by Gasteiger charge is -2.35. The Kier molecular flexibility index (Phi) is 3.77. The summed E-state index contributed by atoms with van der Waals surface area (Å²) in [5.74, 6) is -0.915. The largest absolute Gasteiger partial charge is 0.368 e. The van der Waals surface area contributed by atoms with Crippen LogP contribution in [-0.4, -0.2) is 47.0 Å². The number of aromatic nitrogens is 2. The van der Waals surface area contributed by atoms with Crippen molar-refractivity contribution in [3.63, 3.8) is 0 Å². The molecule has 2 aromatic rings. The van der Waals surface area contributed by atoms with E-state index >= 15 is 0 Å². The van der Waals surface area contributed by atoms with Gasteiger partial charge in [0.05, 0.1) is 0 Å². The van der Waals surface area contributed by atoms with Crippen molar-refractivity contribution in [2.24, 2.45) is 0 Å². The number of rotatable bonds is 2. The highest BCUT2D eigenvalue weighted by Gasteiger charge is 2.24. The average Bonchev–Trinajstić information content (AvgIpc) is 2.56. The molecule has 1 fully saturated rings. The number of pyridine rings is 2. The number of anilines is 1. The van der Waals surface area contributed by atoms with Gasteiger partial charge in [-0.2, -0.15) is 0 Å². The molecule has 3 rings (SSSR count). The number of halogens is 1. The summed E-state index contributed by atoms with van der Waals surface area (Å²) in [7, 11) is 0. The SMILES string of the molecule is O=C(c1ncccc1F)N1CCN(c2ccncc2)CC1. The smallest absolute Gasteiger partial charge is 0.275 e. The molecule has 108 valence electrons. The molecule has 0 atom stereocenters. The first kappa shape index (κ1) is 13.5. The summed E-state index contributed by atoms with van der Waals surface area (Å²) in [5.41, 5.74) is 0.982. The Morgan fingerprint density at radius 1 is 1.05 bits per heavy atom. The molecule has 21 heavy (non-hydrogen) atoms. The first-order valence-electron chi connectivity index (χ1n) is 6.80. The molecule has 0 bridgehead atoms. The summed E-state index contributed by atoms with van der Waals surface area (Å²) in [4.78, 5) is 23.9. The molecular formula is C15H15FN4O. The second-order valence-electron chi connectivity index (χ2n) is 4.82. The van der Waals surface area contributed by atoms with Gasteiger partial charge in [-0.25, -0.2) is 9.37 Å². The van der Waals surface area contributed by atoms with Crippen LogP contribution in [0.5, 0.6) is 0 Å². The van der Waals surface area contributed by atoms with Crippen molar-refractivity contribution in [1.82, 2.24) is 14.9 Å². The molecule has 0 saturated carbocycles. The predicted octanol–water partition coefficient (Wildman–Crippen LogP) is 1.58. The highest BCUT2D eigenvalue weighted by molar-refractivity contribution is 5.92. The van der Waals surface area contributed by atoms with Gasteiger partial charge in [0.15, 0.2) is 11.5 Å². The first-order chi connectivity index (χ1) is 10.3. The predicted molar refractivity (Wildman–Crippen MR) is 76.5 cm³/mol. The van der Waals surface area contributed by atoms with Gasteiger partial charge in [-0.05, 0) is 24.3 Å². The summed E-state index contributed by atoms with van der Waals surface area (Å²) in [5, 5.41) is 0. The van der Waals surface area contributed by atoms with Crippen molar-refractivity contribution in [3.8, 4) is 0 Å². The lowest BCUT2D eigenvalue weighted by molar-refractivity contribution is 0.0735. The van der Waals surface area contributed by atoms with E-state index in [2.05, 4.69) is 14.9 Å². The van der Waals surface area contributed by atoms with Crippen molar-refractivity contribution in [2.45, 2.75) is 0 Å². The number of hydrogen-bond acceptors (Lipinski definition) is 4. The van der Waals surface area contributed by atoms with Crippen LogP contribution in [0.4, 0.5) is 10.1 Å². The molecule has 2 aromatic heterocycles. The van der Waals surface area contributed by atoms with Crippen LogP contribution in [-0.2, 0) is 0 Å². The van der Waals surface area contributed by atoms with Crippen molar-refractivity contribution < 1.29 is 9.18 Å². The van der Waals surface area contributed by atoms with Gasteiger partial charge >= 0.3 is 0 Å². The van der Waals surface area contributed by atoms with E-state index in [4.69, 9.17) is 0 Å². The topological polar surface area (TPSA) is 49.3 Å². The van der Waals surface area contributed by atoms with E-state index in [0.717, 1.165) is 5.69 Å². The Balaban J connectivity index is 1.66. The molecular weight excluding hydrogens is 271 g/mol. The molecule has 1 amide bonds. The molecule has 5 nitrogen and oxygen atoms in total. The Morgan fingerprint density at radius 2 is 1.76 bits per heavy atom. The van der Waals surface area contributed by atoms with E-state index in [1.165, 1.54) is 18.3 Å². The standard InChI is InChI=1S/C15H15FN4O/c16-13-2-1-5-18-14(13)15(21)20-10-8-19(9-11-20)12-3-6-17-7-4-12/h1-7H,8-11H2. The molecule has 0 radical (unpaired) electrons. The number of hydrogen-bond donors (Lipinski definition) is 0. The Labute approximate surface area is 122 Å². The molecule has 1 aliphatic heterocycles. The second-order valence-corrected chi connectivity index (χ2v) is 4.82. The summed E-state index contributed by atoms with van der Waals surface area (Å²) < 4.78 is 13.6. The molecule has 3 heterocycles. The average molecular weight is 286 g/mol. The zero-order valence-electron chi connectivity index (χ0n) is 11.4. The summed E-state index contributed by atoms with van der Waals surface area (Å²) in [6.07, 6.45) is 4.93. The number of amides is 1. The molecule has 0 aromatic carbocycles. The fourth-order valence-electron chi connectivity index (χ4n) is 2.42. The third kappa shape index (κ3) is 2.84. The van der Waals surface area contributed by atoms with Crippen LogP contribution in [0.1, 0.15) is 10.5 Å². The maximum atomic E-state index is 13.6. The lowest BCUT2D eigenvalue weighted by Crippen LogP contribution is -2.49. The summed E-state index contributed by atoms with van der Waals surface area (Å²) in [6.45, 7) is 2.53. The van der Waals surface area contributed by atoms with Gasteiger partial charge in [0, 0.05) is 50.5 Å². The van der Waals surface area contributed by atoms with E-state index in [1.807, 2.05) is 12.1 Å². The maximum absolute atomic E-state index is 13.6. The first-order valence-corrected chi connectivity index (χ1v) is 6.80. The van der Waals surface area contributed by atoms with Crippen LogP contribution >= 0.6 is 0 Å². The van der Waals surface area contributed by atoms with E-state index < -0.39 is 5.82 Å². The molecule has 0 unspecified atom stereocenters. The minimum absolute atomic E-state index is 0.102. The zero-order valence-corrected chi connectivity index (χ0v) is 11.4. The second kappa shape index (κ2) is 5.87. The van der Waals surface area contributed by atoms with Crippen molar-refractivity contribution >= 4 is 11.6 Å². The Hall–Kier alpha value is -2.50. The minimum Gasteiger partial charge on any atom is -0.368 e. The molecule has 6 heteroatoms. The highest BCUT2D eigenvalue weighted by Crippen LogP contribution is 2.16. The third-order valence-electron chi connectivity index (χ3n) is 3.56. The van der Waals surface area contributed by atoms with Gasteiger partial charge in [0.1, 0.15) is 0 Å². The van der Waals surface area contributed by atoms with Crippen LogP contribution in [0.3, 0.4) is 0 Å². The number of piperazine rings is 1. The van der Waals surface area contributed by atoms with E-state index in [-0.39, 0.29) is 11.6 Å². The minimum atomic E-state index is -0.570. The van der Waals surface area contributed by atoms with Crippen molar-refractivity contribution in [2.75, 3.05) is 31.1 Å². The van der Waals surface area contributed by atoms with Crippen LogP contribution < -0.4 is 4.90 Å². The van der Waals surface area contributed by atoms with Gasteiger partial charge in [-0.3, -0.25) is 9.78 Å². The van der Waals surface area contributed by atoms with Crippen molar-refractivity contribution in [3.05, 3.63) is 54.4 Å². The van der Waals surface area contributed by atoms with E-state index in [9.17, 15) is 9.18 Å². The van der Waals surface area contributed by atoms with Gasteiger partial charge in [-0.1, -0.05) is 0 Å². The number of carbonyl (C=O) groups is 1. The number of carbonyl (C=O) groups excluding carboxylic acids is 1. The third-order valence-corrected chi connectivity index (χ3v) is 3.56. The zero-order chi connectivity index (χ0) is 14.7. The van der Waals surface area contributed by atoms with Gasteiger partial charge < -0.3 is 9.80 Å². The molecule has 0 aliphatic carbocycles. The summed E-state index contributed by atoms with van der Waals surface area (Å²) in [6, 6.07) is 6.62. The lowest BCUT2D eigenvalue weighted by atomic mass is 10.2. The summed E-state index contributed by atoms with van der Waals surface area (Å²) >= 11 is 0.